The van der Waals surface area contributed by atoms with Crippen LogP contribution < -0.4 is 0 Å². The van der Waals surface area contributed by atoms with Gasteiger partial charge in [-0.3, -0.25) is 0 Å². The second-order valence-electron chi connectivity index (χ2n) is 11.3. The molecule has 0 N–H and O–H groups in total. The van der Waals surface area contributed by atoms with Crippen LogP contribution in [0.2, 0.25) is 0 Å². The fraction of sp³-hybridized carbons (Fsp3) is 1.00. The molecule has 8 heteroatoms. The van der Waals surface area contributed by atoms with Crippen LogP contribution in [0.25, 0.3) is 0 Å². The lowest BCUT2D eigenvalue weighted by atomic mass is 10.2. The topological polar surface area (TPSA) is 73.8 Å². The number of unbranched alkanes of at least 4 members (excludes halogenated alkanes) is 6. The summed E-state index contributed by atoms with van der Waals surface area (Å²) >= 11 is 0. The van der Waals surface area contributed by atoms with E-state index >= 15 is 0 Å². The van der Waals surface area contributed by atoms with Crippen LogP contribution in [-0.2, 0) is 37.9 Å². The zero-order valence-corrected chi connectivity index (χ0v) is 36.0. The summed E-state index contributed by atoms with van der Waals surface area (Å²) in [5.74, 6) is 0.676. The molecule has 47 heavy (non-hydrogen) atoms. The molecule has 0 bridgehead atoms. The van der Waals surface area contributed by atoms with Crippen LogP contribution in [0.5, 0.6) is 0 Å². The maximum Gasteiger partial charge on any atom is 0.0540 e. The molecule has 0 aliphatic rings. The third-order valence-electron chi connectivity index (χ3n) is 5.50. The van der Waals surface area contributed by atoms with Gasteiger partial charge < -0.3 is 37.9 Å². The first-order chi connectivity index (χ1) is 22.4. The summed E-state index contributed by atoms with van der Waals surface area (Å²) in [5, 5.41) is 0. The molecule has 0 aliphatic heterocycles. The van der Waals surface area contributed by atoms with Crippen molar-refractivity contribution in [3.05, 3.63) is 0 Å². The van der Waals surface area contributed by atoms with Crippen LogP contribution in [0.1, 0.15) is 147 Å². The monoisotopic (exact) mass is 691 g/mol. The van der Waals surface area contributed by atoms with Gasteiger partial charge in [0.2, 0.25) is 0 Å². The van der Waals surface area contributed by atoms with E-state index < -0.39 is 0 Å². The number of hydrogen-bond acceptors (Lipinski definition) is 8. The molecule has 0 saturated heterocycles. The molecular weight excluding hydrogens is 596 g/mol. The first-order valence-electron chi connectivity index (χ1n) is 18.4. The molecule has 0 aromatic rings. The number of rotatable bonds is 20. The van der Waals surface area contributed by atoms with Crippen molar-refractivity contribution >= 4 is 0 Å². The Hall–Kier alpha value is -0.320. The summed E-state index contributed by atoms with van der Waals surface area (Å²) in [7, 11) is 13.8. The average molecular weight is 691 g/mol. The maximum absolute atomic E-state index is 4.90. The van der Waals surface area contributed by atoms with E-state index in [-0.39, 0.29) is 0 Å². The van der Waals surface area contributed by atoms with Crippen LogP contribution in [0, 0.1) is 5.92 Å². The van der Waals surface area contributed by atoms with Crippen molar-refractivity contribution in [2.24, 2.45) is 5.92 Å². The summed E-state index contributed by atoms with van der Waals surface area (Å²) in [4.78, 5) is 0. The minimum absolute atomic E-state index is 0.384. The van der Waals surface area contributed by atoms with E-state index in [0.29, 0.717) is 18.1 Å². The highest BCUT2D eigenvalue weighted by Crippen LogP contribution is 1.97. The molecule has 0 spiro atoms. The Balaban J connectivity index is -0.0000000621. The van der Waals surface area contributed by atoms with Crippen LogP contribution in [0.15, 0.2) is 0 Å². The molecule has 0 rings (SSSR count). The van der Waals surface area contributed by atoms with Gasteiger partial charge in [-0.1, -0.05) is 87.0 Å². The van der Waals surface area contributed by atoms with E-state index in [2.05, 4.69) is 60.1 Å². The van der Waals surface area contributed by atoms with Crippen molar-refractivity contribution < 1.29 is 37.9 Å². The summed E-state index contributed by atoms with van der Waals surface area (Å²) in [6.45, 7) is 28.4. The fourth-order valence-corrected chi connectivity index (χ4v) is 2.16. The van der Waals surface area contributed by atoms with E-state index in [1.807, 2.05) is 20.8 Å². The molecular formula is C39H94O8. The molecule has 1 unspecified atom stereocenters. The molecule has 0 saturated carbocycles. The SMILES string of the molecule is CCC(C)OC.CCCCCCOC.CCCCCOC.CCCCOC.CCCOC.CCOC.COC(C)C.COCC(C)C. The largest absolute Gasteiger partial charge is 0.385 e. The quantitative estimate of drug-likeness (QED) is 0.117. The lowest BCUT2D eigenvalue weighted by molar-refractivity contribution is 0.115. The Morgan fingerprint density at radius 1 is 0.383 bits per heavy atom. The molecule has 0 aromatic heterocycles. The highest BCUT2D eigenvalue weighted by atomic mass is 16.5. The number of methoxy groups -OCH3 is 8. The zero-order chi connectivity index (χ0) is 38.4. The van der Waals surface area contributed by atoms with Crippen molar-refractivity contribution in [1.82, 2.24) is 0 Å². The van der Waals surface area contributed by atoms with Gasteiger partial charge in [0.25, 0.3) is 0 Å². The van der Waals surface area contributed by atoms with Gasteiger partial charge in [-0.05, 0) is 65.7 Å². The highest BCUT2D eigenvalue weighted by molar-refractivity contribution is 4.39. The van der Waals surface area contributed by atoms with Crippen molar-refractivity contribution in [2.45, 2.75) is 159 Å². The van der Waals surface area contributed by atoms with Crippen LogP contribution in [0.3, 0.4) is 0 Å². The molecule has 0 aliphatic carbocycles. The second kappa shape index (κ2) is 80.4. The molecule has 1 atom stereocenters. The number of hydrogen-bond donors (Lipinski definition) is 0. The normalized spacial score (nSPS) is 9.89. The fourth-order valence-electron chi connectivity index (χ4n) is 2.16. The minimum Gasteiger partial charge on any atom is -0.385 e. The summed E-state index contributed by atoms with van der Waals surface area (Å²) in [5.41, 5.74) is 0. The highest BCUT2D eigenvalue weighted by Gasteiger charge is 1.88. The molecule has 0 amide bonds. The molecule has 0 heterocycles. The first kappa shape index (κ1) is 65.1. The van der Waals surface area contributed by atoms with Crippen LogP contribution in [-0.4, -0.2) is 109 Å². The predicted molar refractivity (Wildman–Crippen MR) is 210 cm³/mol. The lowest BCUT2D eigenvalue weighted by Gasteiger charge is -2.01. The maximum atomic E-state index is 4.90. The Kier molecular flexibility index (Phi) is 111. The van der Waals surface area contributed by atoms with Crippen molar-refractivity contribution in [3.63, 3.8) is 0 Å². The first-order valence-corrected chi connectivity index (χ1v) is 18.4. The Labute approximate surface area is 299 Å². The standard InChI is InChI=1S/C7H16O.C6H14O.3C5H12O.2C4H10O.C3H8O/c1-3-4-5-6-7-8-2;1-3-4-5-6-7-2;1-5(2)4-6-3;1-4-5(2)6-3;1-3-4-5-6-2;1-4(2)5-3;1-3-4-5-2;1-3-4-2/h3-7H2,1-2H3;3-6H2,1-2H3;2*5H,4H2,1-3H3;3-5H2,1-2H3;4H,1-3H3;3-4H2,1-2H3;3H2,1-2H3. The van der Waals surface area contributed by atoms with Crippen molar-refractivity contribution in [2.75, 3.05) is 96.5 Å². The summed E-state index contributed by atoms with van der Waals surface area (Å²) in [6, 6.07) is 0. The number of ether oxygens (including phenoxy) is 8. The van der Waals surface area contributed by atoms with Gasteiger partial charge in [-0.25, -0.2) is 0 Å². The van der Waals surface area contributed by atoms with Gasteiger partial charge in [-0.2, -0.15) is 0 Å². The predicted octanol–water partition coefficient (Wildman–Crippen LogP) is 10.9. The van der Waals surface area contributed by atoms with Crippen LogP contribution in [0.4, 0.5) is 0 Å². The van der Waals surface area contributed by atoms with Gasteiger partial charge in [-0.15, -0.1) is 0 Å². The Morgan fingerprint density at radius 3 is 0.894 bits per heavy atom. The van der Waals surface area contributed by atoms with E-state index in [1.54, 1.807) is 56.9 Å². The minimum atomic E-state index is 0.384. The third-order valence-corrected chi connectivity index (χ3v) is 5.50. The van der Waals surface area contributed by atoms with E-state index in [1.165, 1.54) is 57.8 Å². The van der Waals surface area contributed by atoms with Crippen LogP contribution >= 0.6 is 0 Å². The van der Waals surface area contributed by atoms with Gasteiger partial charge >= 0.3 is 0 Å². The molecule has 0 fully saturated rings. The Bertz CT molecular complexity index is 351. The van der Waals surface area contributed by atoms with Gasteiger partial charge in [0, 0.05) is 96.5 Å². The van der Waals surface area contributed by atoms with Crippen molar-refractivity contribution in [3.8, 4) is 0 Å². The van der Waals surface area contributed by atoms with Gasteiger partial charge in [0.15, 0.2) is 0 Å². The zero-order valence-electron chi connectivity index (χ0n) is 36.0. The molecule has 298 valence electrons. The lowest BCUT2D eigenvalue weighted by Crippen LogP contribution is -2.00. The third kappa shape index (κ3) is 155. The molecule has 8 nitrogen and oxygen atoms in total. The second-order valence-corrected chi connectivity index (χ2v) is 11.3. The summed E-state index contributed by atoms with van der Waals surface area (Å²) in [6.07, 6.45) is 14.5. The van der Waals surface area contributed by atoms with Gasteiger partial charge in [0.1, 0.15) is 0 Å². The smallest absolute Gasteiger partial charge is 0.0540 e. The summed E-state index contributed by atoms with van der Waals surface area (Å²) < 4.78 is 38.2. The van der Waals surface area contributed by atoms with E-state index in [0.717, 1.165) is 52.5 Å². The van der Waals surface area contributed by atoms with E-state index in [9.17, 15) is 0 Å². The Morgan fingerprint density at radius 2 is 0.745 bits per heavy atom. The molecule has 0 radical (unpaired) electrons. The van der Waals surface area contributed by atoms with E-state index in [4.69, 9.17) is 33.2 Å². The molecule has 0 aromatic carbocycles. The van der Waals surface area contributed by atoms with Gasteiger partial charge in [0.05, 0.1) is 12.2 Å². The average Bonchev–Trinajstić information content (AvgIpc) is 3.07. The van der Waals surface area contributed by atoms with Crippen molar-refractivity contribution in [1.29, 1.82) is 0 Å².